The average molecular weight is 314 g/mol. The molecule has 2 amide bonds. The third-order valence-electron chi connectivity index (χ3n) is 3.44. The van der Waals surface area contributed by atoms with Crippen molar-refractivity contribution in [1.29, 1.82) is 0 Å². The second-order valence-corrected chi connectivity index (χ2v) is 5.46. The third kappa shape index (κ3) is 4.64. The molecule has 5 heteroatoms. The van der Waals surface area contributed by atoms with Crippen molar-refractivity contribution >= 4 is 17.4 Å². The van der Waals surface area contributed by atoms with Crippen LogP contribution < -0.4 is 20.1 Å². The standard InChI is InChI=1S/C18H22N2O3/c1-12(2)13-5-7-14(8-6-13)19-18(21)20-15-9-16(22-3)11-17(10-15)23-4/h5-12H,1-4H3,(H2,19,20,21). The maximum absolute atomic E-state index is 12.1. The van der Waals surface area contributed by atoms with Crippen LogP contribution in [0.1, 0.15) is 25.3 Å². The van der Waals surface area contributed by atoms with Crippen molar-refractivity contribution in [3.63, 3.8) is 0 Å². The first-order valence-corrected chi connectivity index (χ1v) is 7.43. The van der Waals surface area contributed by atoms with Crippen LogP contribution in [0.4, 0.5) is 16.2 Å². The first-order valence-electron chi connectivity index (χ1n) is 7.43. The zero-order chi connectivity index (χ0) is 16.8. The Hall–Kier alpha value is -2.69. The highest BCUT2D eigenvalue weighted by Gasteiger charge is 2.07. The number of nitrogens with one attached hydrogen (secondary N) is 2. The van der Waals surface area contributed by atoms with Crippen LogP contribution in [-0.2, 0) is 0 Å². The fraction of sp³-hybridized carbons (Fsp3) is 0.278. The van der Waals surface area contributed by atoms with Gasteiger partial charge in [0.25, 0.3) is 0 Å². The minimum Gasteiger partial charge on any atom is -0.497 e. The van der Waals surface area contributed by atoms with Crippen LogP contribution in [0, 0.1) is 0 Å². The molecule has 0 heterocycles. The number of carbonyl (C=O) groups is 1. The quantitative estimate of drug-likeness (QED) is 0.856. The molecule has 0 bridgehead atoms. The summed E-state index contributed by atoms with van der Waals surface area (Å²) in [7, 11) is 3.13. The molecule has 0 aliphatic carbocycles. The van der Waals surface area contributed by atoms with Gasteiger partial charge < -0.3 is 20.1 Å². The molecule has 5 nitrogen and oxygen atoms in total. The number of methoxy groups -OCH3 is 2. The maximum atomic E-state index is 12.1. The summed E-state index contributed by atoms with van der Waals surface area (Å²) in [5.41, 5.74) is 2.56. The van der Waals surface area contributed by atoms with Crippen LogP contribution in [-0.4, -0.2) is 20.3 Å². The van der Waals surface area contributed by atoms with E-state index in [0.29, 0.717) is 23.1 Å². The molecule has 0 unspecified atom stereocenters. The average Bonchev–Trinajstić information content (AvgIpc) is 2.54. The molecule has 2 aromatic rings. The van der Waals surface area contributed by atoms with Crippen molar-refractivity contribution in [1.82, 2.24) is 0 Å². The number of hydrogen-bond acceptors (Lipinski definition) is 3. The Bertz CT molecular complexity index is 644. The van der Waals surface area contributed by atoms with Crippen molar-refractivity contribution in [2.24, 2.45) is 0 Å². The number of ether oxygens (including phenoxy) is 2. The van der Waals surface area contributed by atoms with Gasteiger partial charge in [-0.05, 0) is 23.6 Å². The Morgan fingerprint density at radius 3 is 1.87 bits per heavy atom. The van der Waals surface area contributed by atoms with Crippen molar-refractivity contribution in [3.8, 4) is 11.5 Å². The summed E-state index contributed by atoms with van der Waals surface area (Å²) in [5, 5.41) is 5.57. The number of hydrogen-bond donors (Lipinski definition) is 2. The fourth-order valence-corrected chi connectivity index (χ4v) is 2.12. The predicted molar refractivity (Wildman–Crippen MR) is 92.7 cm³/mol. The van der Waals surface area contributed by atoms with E-state index in [4.69, 9.17) is 9.47 Å². The van der Waals surface area contributed by atoms with E-state index in [1.54, 1.807) is 32.4 Å². The van der Waals surface area contributed by atoms with E-state index in [2.05, 4.69) is 24.5 Å². The number of anilines is 2. The smallest absolute Gasteiger partial charge is 0.323 e. The van der Waals surface area contributed by atoms with Gasteiger partial charge in [-0.2, -0.15) is 0 Å². The fourth-order valence-electron chi connectivity index (χ4n) is 2.12. The largest absolute Gasteiger partial charge is 0.497 e. The van der Waals surface area contributed by atoms with E-state index in [1.807, 2.05) is 24.3 Å². The molecule has 0 atom stereocenters. The lowest BCUT2D eigenvalue weighted by atomic mass is 10.0. The Labute approximate surface area is 136 Å². The predicted octanol–water partition coefficient (Wildman–Crippen LogP) is 4.47. The monoisotopic (exact) mass is 314 g/mol. The highest BCUT2D eigenvalue weighted by molar-refractivity contribution is 6.00. The summed E-state index contributed by atoms with van der Waals surface area (Å²) in [4.78, 5) is 12.1. The summed E-state index contributed by atoms with van der Waals surface area (Å²) in [6.07, 6.45) is 0. The van der Waals surface area contributed by atoms with Gasteiger partial charge in [0.05, 0.1) is 14.2 Å². The molecule has 23 heavy (non-hydrogen) atoms. The lowest BCUT2D eigenvalue weighted by molar-refractivity contribution is 0.262. The van der Waals surface area contributed by atoms with E-state index < -0.39 is 0 Å². The second-order valence-electron chi connectivity index (χ2n) is 5.46. The molecule has 2 N–H and O–H groups in total. The molecule has 0 saturated heterocycles. The minimum atomic E-state index is -0.322. The number of urea groups is 1. The van der Waals surface area contributed by atoms with Gasteiger partial charge in [-0.25, -0.2) is 4.79 Å². The molecule has 0 aromatic heterocycles. The van der Waals surface area contributed by atoms with Crippen molar-refractivity contribution < 1.29 is 14.3 Å². The van der Waals surface area contributed by atoms with Gasteiger partial charge in [0, 0.05) is 29.6 Å². The Morgan fingerprint density at radius 2 is 1.39 bits per heavy atom. The maximum Gasteiger partial charge on any atom is 0.323 e. The summed E-state index contributed by atoms with van der Waals surface area (Å²) >= 11 is 0. The van der Waals surface area contributed by atoms with Gasteiger partial charge in [0.15, 0.2) is 0 Å². The van der Waals surface area contributed by atoms with Gasteiger partial charge in [0.1, 0.15) is 11.5 Å². The second kappa shape index (κ2) is 7.54. The highest BCUT2D eigenvalue weighted by Crippen LogP contribution is 2.26. The Morgan fingerprint density at radius 1 is 0.870 bits per heavy atom. The van der Waals surface area contributed by atoms with Crippen LogP contribution in [0.5, 0.6) is 11.5 Å². The first-order chi connectivity index (χ1) is 11.0. The molecule has 2 rings (SSSR count). The van der Waals surface area contributed by atoms with Crippen LogP contribution >= 0.6 is 0 Å². The summed E-state index contributed by atoms with van der Waals surface area (Å²) in [6, 6.07) is 12.7. The van der Waals surface area contributed by atoms with Gasteiger partial charge in [-0.3, -0.25) is 0 Å². The number of amides is 2. The summed E-state index contributed by atoms with van der Waals surface area (Å²) in [5.74, 6) is 1.68. The normalized spacial score (nSPS) is 10.3. The molecule has 0 radical (unpaired) electrons. The van der Waals surface area contributed by atoms with Gasteiger partial charge in [0.2, 0.25) is 0 Å². The molecule has 0 saturated carbocycles. The van der Waals surface area contributed by atoms with E-state index in [-0.39, 0.29) is 6.03 Å². The number of carbonyl (C=O) groups excluding carboxylic acids is 1. The molecule has 0 aliphatic heterocycles. The SMILES string of the molecule is COc1cc(NC(=O)Nc2ccc(C(C)C)cc2)cc(OC)c1. The summed E-state index contributed by atoms with van der Waals surface area (Å²) < 4.78 is 10.4. The minimum absolute atomic E-state index is 0.322. The zero-order valence-corrected chi connectivity index (χ0v) is 13.8. The van der Waals surface area contributed by atoms with Gasteiger partial charge >= 0.3 is 6.03 Å². The third-order valence-corrected chi connectivity index (χ3v) is 3.44. The zero-order valence-electron chi connectivity index (χ0n) is 13.8. The van der Waals surface area contributed by atoms with E-state index in [1.165, 1.54) is 5.56 Å². The van der Waals surface area contributed by atoms with Gasteiger partial charge in [-0.1, -0.05) is 26.0 Å². The Balaban J connectivity index is 2.04. The molecule has 0 spiro atoms. The van der Waals surface area contributed by atoms with E-state index >= 15 is 0 Å². The van der Waals surface area contributed by atoms with Crippen LogP contribution in [0.25, 0.3) is 0 Å². The molecule has 122 valence electrons. The lowest BCUT2D eigenvalue weighted by Gasteiger charge is -2.11. The van der Waals surface area contributed by atoms with Crippen LogP contribution in [0.2, 0.25) is 0 Å². The van der Waals surface area contributed by atoms with Crippen LogP contribution in [0.15, 0.2) is 42.5 Å². The Kier molecular flexibility index (Phi) is 5.46. The molecular formula is C18H22N2O3. The number of rotatable bonds is 5. The lowest BCUT2D eigenvalue weighted by Crippen LogP contribution is -2.19. The van der Waals surface area contributed by atoms with E-state index in [0.717, 1.165) is 5.69 Å². The molecular weight excluding hydrogens is 292 g/mol. The molecule has 0 fully saturated rings. The molecule has 2 aromatic carbocycles. The topological polar surface area (TPSA) is 59.6 Å². The van der Waals surface area contributed by atoms with Crippen molar-refractivity contribution in [2.45, 2.75) is 19.8 Å². The van der Waals surface area contributed by atoms with Crippen molar-refractivity contribution in [2.75, 3.05) is 24.9 Å². The highest BCUT2D eigenvalue weighted by atomic mass is 16.5. The van der Waals surface area contributed by atoms with E-state index in [9.17, 15) is 4.79 Å². The summed E-state index contributed by atoms with van der Waals surface area (Å²) in [6.45, 7) is 4.26. The number of benzene rings is 2. The van der Waals surface area contributed by atoms with Crippen LogP contribution in [0.3, 0.4) is 0 Å². The van der Waals surface area contributed by atoms with Gasteiger partial charge in [-0.15, -0.1) is 0 Å². The van der Waals surface area contributed by atoms with Crippen molar-refractivity contribution in [3.05, 3.63) is 48.0 Å². The first kappa shape index (κ1) is 16.7. The molecule has 0 aliphatic rings.